The van der Waals surface area contributed by atoms with E-state index in [1.54, 1.807) is 14.2 Å². The molecule has 0 saturated heterocycles. The molecule has 7 nitrogen and oxygen atoms in total. The molecule has 31 heavy (non-hydrogen) atoms. The molecule has 2 aromatic rings. The van der Waals surface area contributed by atoms with Crippen LogP contribution >= 0.6 is 0 Å². The molecule has 0 amide bonds. The van der Waals surface area contributed by atoms with Crippen LogP contribution in [0.5, 0.6) is 17.4 Å². The molecule has 10 heteroatoms. The van der Waals surface area contributed by atoms with Crippen molar-refractivity contribution >= 4 is 0 Å². The molecule has 0 spiro atoms. The van der Waals surface area contributed by atoms with E-state index in [0.29, 0.717) is 54.6 Å². The van der Waals surface area contributed by atoms with Gasteiger partial charge < -0.3 is 23.7 Å². The molecular weight excluding hydrogens is 417 g/mol. The highest BCUT2D eigenvalue weighted by Gasteiger charge is 2.31. The van der Waals surface area contributed by atoms with E-state index in [2.05, 4.69) is 9.72 Å². The second-order valence-corrected chi connectivity index (χ2v) is 6.54. The van der Waals surface area contributed by atoms with Gasteiger partial charge in [-0.05, 0) is 25.0 Å². The average Bonchev–Trinajstić information content (AvgIpc) is 2.72. The van der Waals surface area contributed by atoms with E-state index < -0.39 is 6.36 Å². The van der Waals surface area contributed by atoms with Crippen molar-refractivity contribution < 1.29 is 36.9 Å². The zero-order valence-electron chi connectivity index (χ0n) is 18.2. The van der Waals surface area contributed by atoms with Crippen LogP contribution in [-0.4, -0.2) is 57.0 Å². The smallest absolute Gasteiger partial charge is 0.496 e. The third-order valence-corrected chi connectivity index (χ3v) is 4.32. The number of aromatic nitrogens is 2. The lowest BCUT2D eigenvalue weighted by Gasteiger charge is -2.20. The first kappa shape index (κ1) is 24.7. The van der Waals surface area contributed by atoms with E-state index in [0.717, 1.165) is 0 Å². The van der Waals surface area contributed by atoms with Gasteiger partial charge in [0.25, 0.3) is 0 Å². The Morgan fingerprint density at radius 3 is 2.10 bits per heavy atom. The first-order chi connectivity index (χ1) is 14.8. The SMILES string of the molecule is CCc1nc(-c2ccc(OC(F)(F)F)cc2OC)c(CC)nc1OC(COC)COC. The van der Waals surface area contributed by atoms with E-state index in [1.807, 2.05) is 13.8 Å². The summed E-state index contributed by atoms with van der Waals surface area (Å²) in [4.78, 5) is 9.34. The Labute approximate surface area is 179 Å². The predicted molar refractivity (Wildman–Crippen MR) is 108 cm³/mol. The van der Waals surface area contributed by atoms with Crippen molar-refractivity contribution in [3.8, 4) is 28.6 Å². The van der Waals surface area contributed by atoms with Crippen LogP contribution in [0.15, 0.2) is 18.2 Å². The molecule has 0 atom stereocenters. The Bertz CT molecular complexity index is 856. The van der Waals surface area contributed by atoms with Gasteiger partial charge in [-0.3, -0.25) is 0 Å². The van der Waals surface area contributed by atoms with Crippen LogP contribution in [-0.2, 0) is 22.3 Å². The number of hydrogen-bond donors (Lipinski definition) is 0. The summed E-state index contributed by atoms with van der Waals surface area (Å²) < 4.78 is 63.3. The van der Waals surface area contributed by atoms with Crippen LogP contribution in [0.3, 0.4) is 0 Å². The Hall–Kier alpha value is -2.59. The Morgan fingerprint density at radius 1 is 0.935 bits per heavy atom. The number of hydrogen-bond acceptors (Lipinski definition) is 7. The molecule has 0 N–H and O–H groups in total. The lowest BCUT2D eigenvalue weighted by atomic mass is 10.1. The lowest BCUT2D eigenvalue weighted by Crippen LogP contribution is -2.28. The second kappa shape index (κ2) is 11.1. The second-order valence-electron chi connectivity index (χ2n) is 6.54. The molecule has 2 rings (SSSR count). The maximum Gasteiger partial charge on any atom is 0.573 e. The topological polar surface area (TPSA) is 71.9 Å². The normalized spacial score (nSPS) is 11.6. The largest absolute Gasteiger partial charge is 0.573 e. The number of nitrogens with zero attached hydrogens (tertiary/aromatic N) is 2. The van der Waals surface area contributed by atoms with E-state index in [1.165, 1.54) is 25.3 Å². The van der Waals surface area contributed by atoms with Gasteiger partial charge in [-0.1, -0.05) is 13.8 Å². The highest BCUT2D eigenvalue weighted by Crippen LogP contribution is 2.36. The van der Waals surface area contributed by atoms with Crippen molar-refractivity contribution in [2.45, 2.75) is 39.2 Å². The van der Waals surface area contributed by atoms with Gasteiger partial charge in [-0.25, -0.2) is 9.97 Å². The summed E-state index contributed by atoms with van der Waals surface area (Å²) in [5, 5.41) is 0. The molecule has 0 radical (unpaired) electrons. The van der Waals surface area contributed by atoms with Crippen molar-refractivity contribution in [2.75, 3.05) is 34.5 Å². The van der Waals surface area contributed by atoms with Crippen LogP contribution in [0.2, 0.25) is 0 Å². The van der Waals surface area contributed by atoms with E-state index in [4.69, 9.17) is 23.9 Å². The van der Waals surface area contributed by atoms with Crippen LogP contribution in [0.25, 0.3) is 11.3 Å². The van der Waals surface area contributed by atoms with E-state index >= 15 is 0 Å². The fraction of sp³-hybridized carbons (Fsp3) is 0.524. The summed E-state index contributed by atoms with van der Waals surface area (Å²) in [5.74, 6) is 0.188. The van der Waals surface area contributed by atoms with Crippen molar-refractivity contribution in [3.63, 3.8) is 0 Å². The van der Waals surface area contributed by atoms with Gasteiger partial charge >= 0.3 is 6.36 Å². The number of alkyl halides is 3. The summed E-state index contributed by atoms with van der Waals surface area (Å²) >= 11 is 0. The van der Waals surface area contributed by atoms with Gasteiger partial charge in [0, 0.05) is 25.8 Å². The third-order valence-electron chi connectivity index (χ3n) is 4.32. The van der Waals surface area contributed by atoms with Crippen LogP contribution in [0.1, 0.15) is 25.2 Å². The van der Waals surface area contributed by atoms with E-state index in [9.17, 15) is 13.2 Å². The molecule has 0 aliphatic heterocycles. The minimum atomic E-state index is -4.80. The minimum absolute atomic E-state index is 0.193. The average molecular weight is 444 g/mol. The summed E-state index contributed by atoms with van der Waals surface area (Å²) in [5.41, 5.74) is 2.23. The lowest BCUT2D eigenvalue weighted by molar-refractivity contribution is -0.274. The number of methoxy groups -OCH3 is 3. The van der Waals surface area contributed by atoms with Crippen LogP contribution in [0, 0.1) is 0 Å². The van der Waals surface area contributed by atoms with Crippen molar-refractivity contribution in [1.82, 2.24) is 9.97 Å². The highest BCUT2D eigenvalue weighted by molar-refractivity contribution is 5.71. The molecule has 0 fully saturated rings. The fourth-order valence-corrected chi connectivity index (χ4v) is 2.98. The Balaban J connectivity index is 2.49. The maximum atomic E-state index is 12.6. The summed E-state index contributed by atoms with van der Waals surface area (Å²) in [6, 6.07) is 3.87. The number of benzene rings is 1. The van der Waals surface area contributed by atoms with Gasteiger partial charge in [0.15, 0.2) is 0 Å². The van der Waals surface area contributed by atoms with E-state index in [-0.39, 0.29) is 17.6 Å². The first-order valence-electron chi connectivity index (χ1n) is 9.74. The monoisotopic (exact) mass is 444 g/mol. The molecule has 0 unspecified atom stereocenters. The first-order valence-corrected chi connectivity index (χ1v) is 9.74. The van der Waals surface area contributed by atoms with Gasteiger partial charge in [0.1, 0.15) is 23.3 Å². The third kappa shape index (κ3) is 6.70. The van der Waals surface area contributed by atoms with Gasteiger partial charge in [-0.2, -0.15) is 0 Å². The number of rotatable bonds is 11. The number of aryl methyl sites for hydroxylation is 2. The molecule has 1 heterocycles. The molecule has 1 aromatic heterocycles. The quantitative estimate of drug-likeness (QED) is 0.514. The molecule has 0 saturated carbocycles. The summed E-state index contributed by atoms with van der Waals surface area (Å²) in [6.45, 7) is 4.44. The minimum Gasteiger partial charge on any atom is -0.496 e. The van der Waals surface area contributed by atoms with Crippen molar-refractivity contribution in [2.24, 2.45) is 0 Å². The summed E-state index contributed by atoms with van der Waals surface area (Å²) in [6.07, 6.45) is -4.11. The van der Waals surface area contributed by atoms with Gasteiger partial charge in [-0.15, -0.1) is 13.2 Å². The number of ether oxygens (including phenoxy) is 5. The van der Waals surface area contributed by atoms with Crippen LogP contribution in [0.4, 0.5) is 13.2 Å². The van der Waals surface area contributed by atoms with Gasteiger partial charge in [0.05, 0.1) is 31.7 Å². The zero-order chi connectivity index (χ0) is 23.0. The van der Waals surface area contributed by atoms with Gasteiger partial charge in [0.2, 0.25) is 5.88 Å². The molecule has 0 aliphatic carbocycles. The van der Waals surface area contributed by atoms with Crippen molar-refractivity contribution in [1.29, 1.82) is 0 Å². The molecule has 0 aliphatic rings. The fourth-order valence-electron chi connectivity index (χ4n) is 2.98. The zero-order valence-corrected chi connectivity index (χ0v) is 18.2. The molecule has 0 bridgehead atoms. The summed E-state index contributed by atoms with van der Waals surface area (Å²) in [7, 11) is 4.50. The molecule has 1 aromatic carbocycles. The Kier molecular flexibility index (Phi) is 8.88. The Morgan fingerprint density at radius 2 is 1.58 bits per heavy atom. The van der Waals surface area contributed by atoms with Crippen LogP contribution < -0.4 is 14.2 Å². The predicted octanol–water partition coefficient (Wildman–Crippen LogP) is 4.22. The highest BCUT2D eigenvalue weighted by atomic mass is 19.4. The molecular formula is C21H27F3N2O5. The standard InChI is InChI=1S/C21H27F3N2O5/c1-6-16-19(15-9-8-13(10-18(15)29-5)31-21(22,23)24)25-17(7-2)20(26-16)30-14(11-27-3)12-28-4/h8-10,14H,6-7,11-12H2,1-5H3. The van der Waals surface area contributed by atoms with Crippen molar-refractivity contribution in [3.05, 3.63) is 29.6 Å². The molecule has 172 valence electrons. The maximum absolute atomic E-state index is 12.6. The number of halogens is 3.